The zero-order chi connectivity index (χ0) is 14.6. The van der Waals surface area contributed by atoms with Crippen molar-refractivity contribution in [3.63, 3.8) is 0 Å². The number of alkyl halides is 2. The molecule has 19 heavy (non-hydrogen) atoms. The minimum atomic E-state index is -2.53. The second-order valence-electron chi connectivity index (χ2n) is 5.59. The number of amides is 2. The van der Waals surface area contributed by atoms with Gasteiger partial charge in [0.25, 0.3) is 6.43 Å². The van der Waals surface area contributed by atoms with Gasteiger partial charge in [0.1, 0.15) is 12.6 Å². The van der Waals surface area contributed by atoms with Crippen LogP contribution in [0.15, 0.2) is 0 Å². The van der Waals surface area contributed by atoms with Crippen molar-refractivity contribution in [2.24, 2.45) is 5.41 Å². The Morgan fingerprint density at radius 3 is 2.58 bits per heavy atom. The smallest absolute Gasteiger partial charge is 0.261 e. The summed E-state index contributed by atoms with van der Waals surface area (Å²) in [6.45, 7) is 5.00. The van der Waals surface area contributed by atoms with Crippen LogP contribution in [0, 0.1) is 5.41 Å². The van der Waals surface area contributed by atoms with Crippen LogP contribution in [0.5, 0.6) is 0 Å². The van der Waals surface area contributed by atoms with Gasteiger partial charge in [0.2, 0.25) is 11.8 Å². The van der Waals surface area contributed by atoms with Crippen LogP contribution in [0.3, 0.4) is 0 Å². The molecule has 0 bridgehead atoms. The zero-order valence-electron chi connectivity index (χ0n) is 11.4. The Balaban J connectivity index is 2.53. The number of piperazine rings is 1. The maximum absolute atomic E-state index is 12.2. The number of nitrogens with zero attached hydrogens (tertiary/aromatic N) is 1. The van der Waals surface area contributed by atoms with Crippen molar-refractivity contribution in [1.29, 1.82) is 0 Å². The summed E-state index contributed by atoms with van der Waals surface area (Å²) in [6.07, 6.45) is -2.53. The fourth-order valence-corrected chi connectivity index (χ4v) is 1.83. The number of hydrogen-bond donors (Lipinski definition) is 1. The number of carbonyl (C=O) groups excluding carboxylic acids is 2. The van der Waals surface area contributed by atoms with Gasteiger partial charge in [-0.15, -0.1) is 0 Å². The van der Waals surface area contributed by atoms with Gasteiger partial charge in [-0.25, -0.2) is 8.78 Å². The van der Waals surface area contributed by atoms with E-state index in [0.29, 0.717) is 0 Å². The van der Waals surface area contributed by atoms with Gasteiger partial charge in [-0.2, -0.15) is 0 Å². The summed E-state index contributed by atoms with van der Waals surface area (Å²) in [5.41, 5.74) is -0.394. The number of hydrogen-bond acceptors (Lipinski definition) is 3. The van der Waals surface area contributed by atoms with E-state index in [1.807, 2.05) is 20.8 Å². The van der Waals surface area contributed by atoms with E-state index in [9.17, 15) is 18.4 Å². The maximum atomic E-state index is 12.2. The van der Waals surface area contributed by atoms with Gasteiger partial charge in [0.15, 0.2) is 0 Å². The summed E-state index contributed by atoms with van der Waals surface area (Å²) in [7, 11) is 0. The van der Waals surface area contributed by atoms with Crippen LogP contribution >= 0.6 is 0 Å². The number of nitrogens with one attached hydrogen (secondary N) is 1. The van der Waals surface area contributed by atoms with E-state index >= 15 is 0 Å². The molecule has 0 aliphatic carbocycles. The molecular weight excluding hydrogens is 258 g/mol. The normalized spacial score (nSPS) is 20.9. The summed E-state index contributed by atoms with van der Waals surface area (Å²) in [4.78, 5) is 25.1. The second-order valence-corrected chi connectivity index (χ2v) is 5.59. The number of ether oxygens (including phenoxy) is 1. The third kappa shape index (κ3) is 4.74. The van der Waals surface area contributed by atoms with Gasteiger partial charge in [-0.3, -0.25) is 9.59 Å². The summed E-state index contributed by atoms with van der Waals surface area (Å²) >= 11 is 0. The van der Waals surface area contributed by atoms with Crippen molar-refractivity contribution in [3.8, 4) is 0 Å². The molecule has 0 aromatic rings. The molecule has 1 rings (SSSR count). The van der Waals surface area contributed by atoms with Gasteiger partial charge in [-0.1, -0.05) is 20.8 Å². The number of halogens is 2. The lowest BCUT2D eigenvalue weighted by Crippen LogP contribution is -2.62. The lowest BCUT2D eigenvalue weighted by Gasteiger charge is -2.38. The predicted molar refractivity (Wildman–Crippen MR) is 64.8 cm³/mol. The highest BCUT2D eigenvalue weighted by Crippen LogP contribution is 2.23. The molecule has 0 saturated carbocycles. The molecule has 1 atom stereocenters. The minimum absolute atomic E-state index is 0.000221. The monoisotopic (exact) mass is 278 g/mol. The van der Waals surface area contributed by atoms with Crippen molar-refractivity contribution in [3.05, 3.63) is 0 Å². The van der Waals surface area contributed by atoms with Crippen LogP contribution in [-0.2, 0) is 14.3 Å². The van der Waals surface area contributed by atoms with Gasteiger partial charge in [0, 0.05) is 6.54 Å². The second kappa shape index (κ2) is 6.27. The van der Waals surface area contributed by atoms with Crippen LogP contribution in [-0.4, -0.2) is 55.5 Å². The number of carbonyl (C=O) groups is 2. The van der Waals surface area contributed by atoms with Crippen LogP contribution in [0.2, 0.25) is 0 Å². The van der Waals surface area contributed by atoms with Crippen molar-refractivity contribution >= 4 is 11.8 Å². The molecule has 1 N–H and O–H groups in total. The largest absolute Gasteiger partial charge is 0.374 e. The van der Waals surface area contributed by atoms with E-state index < -0.39 is 24.5 Å². The highest BCUT2D eigenvalue weighted by atomic mass is 19.3. The van der Waals surface area contributed by atoms with Crippen molar-refractivity contribution in [2.45, 2.75) is 33.2 Å². The van der Waals surface area contributed by atoms with E-state index in [4.69, 9.17) is 4.74 Å². The van der Waals surface area contributed by atoms with Gasteiger partial charge < -0.3 is 15.0 Å². The summed E-state index contributed by atoms with van der Waals surface area (Å²) < 4.78 is 28.5. The lowest BCUT2D eigenvalue weighted by atomic mass is 9.85. The Hall–Kier alpha value is -1.24. The zero-order valence-corrected chi connectivity index (χ0v) is 11.4. The molecule has 1 saturated heterocycles. The molecule has 0 aromatic carbocycles. The molecule has 0 aromatic heterocycles. The van der Waals surface area contributed by atoms with E-state index in [0.717, 1.165) is 0 Å². The van der Waals surface area contributed by atoms with Crippen molar-refractivity contribution in [1.82, 2.24) is 10.2 Å². The van der Waals surface area contributed by atoms with Crippen LogP contribution in [0.1, 0.15) is 20.8 Å². The topological polar surface area (TPSA) is 58.6 Å². The first-order valence-electron chi connectivity index (χ1n) is 6.16. The van der Waals surface area contributed by atoms with Crippen molar-refractivity contribution < 1.29 is 23.1 Å². The minimum Gasteiger partial charge on any atom is -0.374 e. The molecule has 1 aliphatic rings. The van der Waals surface area contributed by atoms with E-state index in [1.165, 1.54) is 4.90 Å². The molecule has 1 heterocycles. The summed E-state index contributed by atoms with van der Waals surface area (Å²) in [5.74, 6) is -0.443. The SMILES string of the molecule is CC(C)(C)C1NC(=O)CN(CCOCC(F)F)C1=O. The standard InChI is InChI=1S/C12H20F2N2O3/c1-12(2,3)10-11(18)16(6-9(17)15-10)4-5-19-7-8(13)14/h8,10H,4-7H2,1-3H3,(H,15,17). The lowest BCUT2D eigenvalue weighted by molar-refractivity contribution is -0.148. The van der Waals surface area contributed by atoms with Gasteiger partial charge in [0.05, 0.1) is 13.2 Å². The summed E-state index contributed by atoms with van der Waals surface area (Å²) in [5, 5.41) is 2.65. The Morgan fingerprint density at radius 1 is 1.42 bits per heavy atom. The van der Waals surface area contributed by atoms with Crippen LogP contribution < -0.4 is 5.32 Å². The maximum Gasteiger partial charge on any atom is 0.261 e. The molecular formula is C12H20F2N2O3. The molecule has 0 spiro atoms. The molecule has 1 aliphatic heterocycles. The highest BCUT2D eigenvalue weighted by molar-refractivity contribution is 5.95. The molecule has 0 radical (unpaired) electrons. The average Bonchev–Trinajstić information content (AvgIpc) is 2.26. The quantitative estimate of drug-likeness (QED) is 0.751. The molecule has 1 fully saturated rings. The third-order valence-electron chi connectivity index (χ3n) is 2.81. The predicted octanol–water partition coefficient (Wildman–Crippen LogP) is 0.641. The molecule has 7 heteroatoms. The Kier molecular flexibility index (Phi) is 5.22. The van der Waals surface area contributed by atoms with E-state index in [2.05, 4.69) is 5.32 Å². The van der Waals surface area contributed by atoms with Gasteiger partial charge in [-0.05, 0) is 5.41 Å². The molecule has 110 valence electrons. The molecule has 5 nitrogen and oxygen atoms in total. The first-order chi connectivity index (χ1) is 8.71. The Morgan fingerprint density at radius 2 is 2.05 bits per heavy atom. The molecule has 2 amide bonds. The Bertz CT molecular complexity index is 342. The first kappa shape index (κ1) is 15.8. The van der Waals surface area contributed by atoms with Crippen molar-refractivity contribution in [2.75, 3.05) is 26.3 Å². The molecule has 1 unspecified atom stereocenters. The first-order valence-corrected chi connectivity index (χ1v) is 6.16. The van der Waals surface area contributed by atoms with Crippen LogP contribution in [0.25, 0.3) is 0 Å². The summed E-state index contributed by atoms with van der Waals surface area (Å²) in [6, 6.07) is -0.594. The van der Waals surface area contributed by atoms with Crippen LogP contribution in [0.4, 0.5) is 8.78 Å². The Labute approximate surface area is 111 Å². The van der Waals surface area contributed by atoms with Gasteiger partial charge >= 0.3 is 0 Å². The van der Waals surface area contributed by atoms with E-state index in [1.54, 1.807) is 0 Å². The average molecular weight is 278 g/mol. The third-order valence-corrected chi connectivity index (χ3v) is 2.81. The fraction of sp³-hybridized carbons (Fsp3) is 0.833. The highest BCUT2D eigenvalue weighted by Gasteiger charge is 2.39. The van der Waals surface area contributed by atoms with E-state index in [-0.39, 0.29) is 31.5 Å². The number of rotatable bonds is 5. The fourth-order valence-electron chi connectivity index (χ4n) is 1.83.